The van der Waals surface area contributed by atoms with Crippen molar-refractivity contribution in [2.24, 2.45) is 0 Å². The van der Waals surface area contributed by atoms with E-state index in [-0.39, 0.29) is 23.0 Å². The molecular weight excluding hydrogens is 316 g/mol. The van der Waals surface area contributed by atoms with Crippen molar-refractivity contribution in [3.63, 3.8) is 0 Å². The van der Waals surface area contributed by atoms with E-state index in [1.54, 1.807) is 6.07 Å². The maximum atomic E-state index is 11.5. The first-order valence-corrected chi connectivity index (χ1v) is 7.32. The van der Waals surface area contributed by atoms with Crippen LogP contribution in [0.5, 0.6) is 0 Å². The molecule has 2 aromatic rings. The summed E-state index contributed by atoms with van der Waals surface area (Å²) in [5.74, 6) is 0.276. The largest absolute Gasteiger partial charge is 0.353 e. The maximum Gasteiger partial charge on any atom is 0.353 e. The lowest BCUT2D eigenvalue weighted by atomic mass is 10.2. The molecule has 1 aliphatic rings. The number of nitrogens with one attached hydrogen (secondary N) is 1. The monoisotopic (exact) mass is 330 g/mol. The molecule has 24 heavy (non-hydrogen) atoms. The second-order valence-electron chi connectivity index (χ2n) is 5.28. The molecule has 0 radical (unpaired) electrons. The fraction of sp³-hybridized carbons (Fsp3) is 0.286. The van der Waals surface area contributed by atoms with Crippen LogP contribution in [0.15, 0.2) is 30.6 Å². The van der Waals surface area contributed by atoms with Gasteiger partial charge in [0, 0.05) is 30.9 Å². The molecule has 2 heterocycles. The van der Waals surface area contributed by atoms with Gasteiger partial charge in [0.1, 0.15) is 6.33 Å². The molecule has 0 saturated carbocycles. The predicted molar refractivity (Wildman–Crippen MR) is 86.5 cm³/mol. The summed E-state index contributed by atoms with van der Waals surface area (Å²) in [4.78, 5) is 31.1. The van der Waals surface area contributed by atoms with E-state index >= 15 is 0 Å². The minimum atomic E-state index is -0.534. The van der Waals surface area contributed by atoms with Crippen molar-refractivity contribution < 1.29 is 9.85 Å². The molecule has 1 saturated heterocycles. The number of hydrogen-bond acceptors (Lipinski definition) is 8. The molecule has 0 spiro atoms. The van der Waals surface area contributed by atoms with Crippen LogP contribution in [0.3, 0.4) is 0 Å². The molecule has 10 heteroatoms. The lowest BCUT2D eigenvalue weighted by Gasteiger charge is -2.17. The number of hydrogen-bond donors (Lipinski definition) is 1. The van der Waals surface area contributed by atoms with Crippen LogP contribution in [0, 0.1) is 20.2 Å². The Morgan fingerprint density at radius 3 is 2.50 bits per heavy atom. The molecule has 10 nitrogen and oxygen atoms in total. The lowest BCUT2D eigenvalue weighted by molar-refractivity contribution is -0.384. The highest BCUT2D eigenvalue weighted by Gasteiger charge is 2.28. The Balaban J connectivity index is 1.98. The maximum absolute atomic E-state index is 11.5. The molecule has 1 fully saturated rings. The Kier molecular flexibility index (Phi) is 4.18. The van der Waals surface area contributed by atoms with Crippen LogP contribution >= 0.6 is 0 Å². The summed E-state index contributed by atoms with van der Waals surface area (Å²) >= 11 is 0. The third-order valence-electron chi connectivity index (χ3n) is 3.71. The summed E-state index contributed by atoms with van der Waals surface area (Å²) in [5, 5.41) is 25.2. The third-order valence-corrected chi connectivity index (χ3v) is 3.71. The topological polar surface area (TPSA) is 127 Å². The molecule has 1 aromatic carbocycles. The van der Waals surface area contributed by atoms with E-state index in [1.807, 2.05) is 4.90 Å². The molecule has 0 aliphatic carbocycles. The zero-order chi connectivity index (χ0) is 17.1. The van der Waals surface area contributed by atoms with Gasteiger partial charge in [-0.05, 0) is 18.9 Å². The van der Waals surface area contributed by atoms with Crippen LogP contribution < -0.4 is 10.2 Å². The van der Waals surface area contributed by atoms with Crippen LogP contribution in [0.25, 0.3) is 0 Å². The first-order chi connectivity index (χ1) is 11.6. The van der Waals surface area contributed by atoms with Gasteiger partial charge in [0.15, 0.2) is 0 Å². The van der Waals surface area contributed by atoms with Gasteiger partial charge in [-0.15, -0.1) is 0 Å². The van der Waals surface area contributed by atoms with Gasteiger partial charge in [-0.25, -0.2) is 9.97 Å². The summed E-state index contributed by atoms with van der Waals surface area (Å²) < 4.78 is 0. The Morgan fingerprint density at radius 1 is 1.08 bits per heavy atom. The average molecular weight is 330 g/mol. The molecule has 124 valence electrons. The number of nitro groups is 2. The van der Waals surface area contributed by atoms with Gasteiger partial charge in [-0.1, -0.05) is 6.07 Å². The van der Waals surface area contributed by atoms with E-state index in [1.165, 1.54) is 24.5 Å². The van der Waals surface area contributed by atoms with E-state index < -0.39 is 9.85 Å². The van der Waals surface area contributed by atoms with Crippen LogP contribution in [0.4, 0.5) is 28.7 Å². The van der Waals surface area contributed by atoms with E-state index in [2.05, 4.69) is 15.3 Å². The molecule has 1 N–H and O–H groups in total. The van der Waals surface area contributed by atoms with Gasteiger partial charge >= 0.3 is 5.69 Å². The van der Waals surface area contributed by atoms with Crippen LogP contribution in [-0.2, 0) is 0 Å². The summed E-state index contributed by atoms with van der Waals surface area (Å²) in [6.45, 7) is 1.40. The van der Waals surface area contributed by atoms with Crippen LogP contribution in [0.1, 0.15) is 12.8 Å². The van der Waals surface area contributed by atoms with Crippen molar-refractivity contribution in [2.75, 3.05) is 23.3 Å². The molecule has 0 bridgehead atoms. The number of nitrogens with zero attached hydrogens (tertiary/aromatic N) is 5. The van der Waals surface area contributed by atoms with Crippen molar-refractivity contribution in [3.05, 3.63) is 50.8 Å². The van der Waals surface area contributed by atoms with Crippen molar-refractivity contribution in [1.29, 1.82) is 0 Å². The standard InChI is InChI=1S/C14H14N6O4/c21-19(22)11-5-3-4-10(8-11)17-13-12(20(23)24)14(16-9-15-13)18-6-1-2-7-18/h3-5,8-9H,1-2,6-7H2,(H,15,16,17). The first-order valence-electron chi connectivity index (χ1n) is 7.32. The van der Waals surface area contributed by atoms with Gasteiger partial charge in [0.25, 0.3) is 5.69 Å². The number of rotatable bonds is 5. The molecule has 1 aliphatic heterocycles. The normalized spacial score (nSPS) is 13.8. The summed E-state index contributed by atoms with van der Waals surface area (Å²) in [5.41, 5.74) is 0.000698. The van der Waals surface area contributed by atoms with E-state index in [9.17, 15) is 20.2 Å². The zero-order valence-electron chi connectivity index (χ0n) is 12.6. The van der Waals surface area contributed by atoms with E-state index in [0.29, 0.717) is 18.8 Å². The lowest BCUT2D eigenvalue weighted by Crippen LogP contribution is -2.21. The second-order valence-corrected chi connectivity index (χ2v) is 5.28. The minimum Gasteiger partial charge on any atom is -0.351 e. The molecule has 0 atom stereocenters. The summed E-state index contributed by atoms with van der Waals surface area (Å²) in [7, 11) is 0. The molecule has 0 amide bonds. The average Bonchev–Trinajstić information content (AvgIpc) is 3.09. The fourth-order valence-electron chi connectivity index (χ4n) is 2.62. The highest BCUT2D eigenvalue weighted by Crippen LogP contribution is 2.35. The number of nitro benzene ring substituents is 1. The van der Waals surface area contributed by atoms with Crippen molar-refractivity contribution in [3.8, 4) is 0 Å². The van der Waals surface area contributed by atoms with Gasteiger partial charge in [-0.2, -0.15) is 0 Å². The number of anilines is 3. The highest BCUT2D eigenvalue weighted by atomic mass is 16.6. The molecule has 3 rings (SSSR count). The predicted octanol–water partition coefficient (Wildman–Crippen LogP) is 2.64. The Hall–Kier alpha value is -3.30. The minimum absolute atomic E-state index is 0.0115. The van der Waals surface area contributed by atoms with Crippen molar-refractivity contribution in [1.82, 2.24) is 9.97 Å². The highest BCUT2D eigenvalue weighted by molar-refractivity contribution is 5.75. The Morgan fingerprint density at radius 2 is 1.83 bits per heavy atom. The van der Waals surface area contributed by atoms with Crippen LogP contribution in [0.2, 0.25) is 0 Å². The number of benzene rings is 1. The smallest absolute Gasteiger partial charge is 0.351 e. The van der Waals surface area contributed by atoms with Crippen LogP contribution in [-0.4, -0.2) is 32.9 Å². The third kappa shape index (κ3) is 3.07. The van der Waals surface area contributed by atoms with Crippen molar-refractivity contribution >= 4 is 28.7 Å². The SMILES string of the molecule is O=[N+]([O-])c1cccc(Nc2ncnc(N3CCCC3)c2[N+](=O)[O-])c1. The Labute approximate surface area is 136 Å². The van der Waals surface area contributed by atoms with Gasteiger partial charge in [0.05, 0.1) is 9.85 Å². The van der Waals surface area contributed by atoms with Gasteiger partial charge < -0.3 is 10.2 Å². The first kappa shape index (κ1) is 15.6. The molecular formula is C14H14N6O4. The van der Waals surface area contributed by atoms with Gasteiger partial charge in [-0.3, -0.25) is 20.2 Å². The number of non-ortho nitro benzene ring substituents is 1. The quantitative estimate of drug-likeness (QED) is 0.654. The summed E-state index contributed by atoms with van der Waals surface area (Å²) in [6, 6.07) is 5.71. The Bertz CT molecular complexity index is 791. The second kappa shape index (κ2) is 6.44. The summed E-state index contributed by atoms with van der Waals surface area (Å²) in [6.07, 6.45) is 3.16. The molecule has 0 unspecified atom stereocenters. The van der Waals surface area contributed by atoms with Gasteiger partial charge in [0.2, 0.25) is 11.6 Å². The number of aromatic nitrogens is 2. The van der Waals surface area contributed by atoms with E-state index in [4.69, 9.17) is 0 Å². The van der Waals surface area contributed by atoms with E-state index in [0.717, 1.165) is 12.8 Å². The molecule has 1 aromatic heterocycles. The fourth-order valence-corrected chi connectivity index (χ4v) is 2.62. The zero-order valence-corrected chi connectivity index (χ0v) is 12.6. The van der Waals surface area contributed by atoms with Crippen molar-refractivity contribution in [2.45, 2.75) is 12.8 Å².